The number of nitrogens with zero attached hydrogens (tertiary/aromatic N) is 2. The van der Waals surface area contributed by atoms with E-state index in [1.54, 1.807) is 23.1 Å². The van der Waals surface area contributed by atoms with Crippen LogP contribution in [0, 0.1) is 12.7 Å². The molecule has 1 atom stereocenters. The summed E-state index contributed by atoms with van der Waals surface area (Å²) in [5.74, 6) is -0.198. The molecular weight excluding hydrogens is 327 g/mol. The van der Waals surface area contributed by atoms with Crippen LogP contribution in [0.15, 0.2) is 42.5 Å². The molecule has 1 aliphatic rings. The van der Waals surface area contributed by atoms with Gasteiger partial charge in [-0.1, -0.05) is 29.8 Å². The molecule has 5 heteroatoms. The quantitative estimate of drug-likeness (QED) is 0.838. The number of rotatable bonds is 3. The first-order valence-electron chi connectivity index (χ1n) is 8.02. The summed E-state index contributed by atoms with van der Waals surface area (Å²) < 4.78 is 13.9. The van der Waals surface area contributed by atoms with E-state index in [0.717, 1.165) is 11.3 Å². The van der Waals surface area contributed by atoms with Crippen molar-refractivity contribution < 1.29 is 9.18 Å². The third kappa shape index (κ3) is 3.30. The molecule has 0 aliphatic carbocycles. The molecule has 0 spiro atoms. The van der Waals surface area contributed by atoms with Crippen molar-refractivity contribution in [3.05, 3.63) is 64.4 Å². The maximum atomic E-state index is 13.9. The number of halogens is 2. The number of anilines is 1. The number of carbonyl (C=O) groups excluding carboxylic acids is 1. The average molecular weight is 347 g/mol. The number of aryl methyl sites for hydroxylation is 1. The van der Waals surface area contributed by atoms with E-state index in [4.69, 9.17) is 11.6 Å². The maximum absolute atomic E-state index is 13.9. The molecule has 2 aromatic carbocycles. The van der Waals surface area contributed by atoms with Gasteiger partial charge in [0, 0.05) is 35.9 Å². The topological polar surface area (TPSA) is 23.6 Å². The van der Waals surface area contributed by atoms with Crippen molar-refractivity contribution in [3.8, 4) is 0 Å². The summed E-state index contributed by atoms with van der Waals surface area (Å²) in [5, 5.41) is 0.662. The van der Waals surface area contributed by atoms with Crippen LogP contribution in [0.1, 0.15) is 18.1 Å². The van der Waals surface area contributed by atoms with Crippen molar-refractivity contribution in [2.45, 2.75) is 26.4 Å². The summed E-state index contributed by atoms with van der Waals surface area (Å²) in [5.41, 5.74) is 2.49. The highest BCUT2D eigenvalue weighted by Gasteiger charge is 2.33. The molecule has 0 radical (unpaired) electrons. The summed E-state index contributed by atoms with van der Waals surface area (Å²) in [6.07, 6.45) is 0. The molecule has 0 bridgehead atoms. The highest BCUT2D eigenvalue weighted by molar-refractivity contribution is 6.30. The van der Waals surface area contributed by atoms with Crippen LogP contribution >= 0.6 is 11.6 Å². The molecule has 3 nitrogen and oxygen atoms in total. The second-order valence-corrected chi connectivity index (χ2v) is 6.59. The van der Waals surface area contributed by atoms with Crippen LogP contribution < -0.4 is 4.90 Å². The Kier molecular flexibility index (Phi) is 4.88. The molecule has 0 unspecified atom stereocenters. The Balaban J connectivity index is 1.77. The fourth-order valence-electron chi connectivity index (χ4n) is 3.14. The van der Waals surface area contributed by atoms with E-state index >= 15 is 0 Å². The van der Waals surface area contributed by atoms with E-state index in [9.17, 15) is 9.18 Å². The predicted octanol–water partition coefficient (Wildman–Crippen LogP) is 4.02. The lowest BCUT2D eigenvalue weighted by atomic mass is 10.1. The van der Waals surface area contributed by atoms with Gasteiger partial charge >= 0.3 is 0 Å². The van der Waals surface area contributed by atoms with Gasteiger partial charge in [-0.05, 0) is 43.7 Å². The number of carbonyl (C=O) groups is 1. The van der Waals surface area contributed by atoms with Crippen LogP contribution in [-0.4, -0.2) is 29.9 Å². The predicted molar refractivity (Wildman–Crippen MR) is 94.8 cm³/mol. The van der Waals surface area contributed by atoms with Gasteiger partial charge in [-0.25, -0.2) is 4.39 Å². The number of hydrogen-bond donors (Lipinski definition) is 0. The Morgan fingerprint density at radius 2 is 1.96 bits per heavy atom. The lowest BCUT2D eigenvalue weighted by molar-refractivity contribution is -0.125. The van der Waals surface area contributed by atoms with Gasteiger partial charge in [-0.3, -0.25) is 9.69 Å². The maximum Gasteiger partial charge on any atom is 0.244 e. The van der Waals surface area contributed by atoms with Gasteiger partial charge < -0.3 is 4.90 Å². The van der Waals surface area contributed by atoms with Crippen LogP contribution in [0.25, 0.3) is 0 Å². The summed E-state index contributed by atoms with van der Waals surface area (Å²) in [6, 6.07) is 12.0. The van der Waals surface area contributed by atoms with Crippen LogP contribution in [0.3, 0.4) is 0 Å². The zero-order valence-corrected chi connectivity index (χ0v) is 14.6. The molecule has 24 heavy (non-hydrogen) atoms. The van der Waals surface area contributed by atoms with Gasteiger partial charge in [-0.15, -0.1) is 0 Å². The van der Waals surface area contributed by atoms with Gasteiger partial charge in [-0.2, -0.15) is 0 Å². The fraction of sp³-hybridized carbons (Fsp3) is 0.316. The van der Waals surface area contributed by atoms with Gasteiger partial charge in [0.25, 0.3) is 0 Å². The minimum Gasteiger partial charge on any atom is -0.310 e. The standard InChI is InChI=1S/C19H20ClFN2O/c1-13-11-16(20)7-8-18(13)23-10-9-22(14(2)19(23)24)12-15-5-3-4-6-17(15)21/h3-8,11,14H,9-10,12H2,1-2H3/t14-/m0/s1. The SMILES string of the molecule is Cc1cc(Cl)ccc1N1CCN(Cc2ccccc2F)[C@@H](C)C1=O. The molecule has 1 fully saturated rings. The Morgan fingerprint density at radius 1 is 1.21 bits per heavy atom. The van der Waals surface area contributed by atoms with E-state index < -0.39 is 0 Å². The molecule has 1 saturated heterocycles. The Bertz CT molecular complexity index is 765. The second kappa shape index (κ2) is 6.91. The summed E-state index contributed by atoms with van der Waals surface area (Å²) in [4.78, 5) is 16.6. The average Bonchev–Trinajstić information content (AvgIpc) is 2.55. The lowest BCUT2D eigenvalue weighted by Gasteiger charge is -2.39. The van der Waals surface area contributed by atoms with Crippen LogP contribution in [0.5, 0.6) is 0 Å². The first kappa shape index (κ1) is 16.9. The van der Waals surface area contributed by atoms with E-state index in [1.165, 1.54) is 6.07 Å². The van der Waals surface area contributed by atoms with Crippen LogP contribution in [0.4, 0.5) is 10.1 Å². The Labute approximate surface area is 146 Å². The second-order valence-electron chi connectivity index (χ2n) is 6.16. The fourth-order valence-corrected chi connectivity index (χ4v) is 3.36. The molecule has 1 aliphatic heterocycles. The smallest absolute Gasteiger partial charge is 0.244 e. The van der Waals surface area contributed by atoms with Crippen molar-refractivity contribution in [3.63, 3.8) is 0 Å². The van der Waals surface area contributed by atoms with Crippen LogP contribution in [-0.2, 0) is 11.3 Å². The normalized spacial score (nSPS) is 18.9. The summed E-state index contributed by atoms with van der Waals surface area (Å²) in [7, 11) is 0. The highest BCUT2D eigenvalue weighted by atomic mass is 35.5. The minimum atomic E-state index is -0.298. The van der Waals surface area contributed by atoms with Gasteiger partial charge in [0.1, 0.15) is 5.82 Å². The number of benzene rings is 2. The molecule has 3 rings (SSSR count). The number of hydrogen-bond acceptors (Lipinski definition) is 2. The third-order valence-electron chi connectivity index (χ3n) is 4.56. The minimum absolute atomic E-state index is 0.0306. The Hall–Kier alpha value is -1.91. The van der Waals surface area contributed by atoms with Gasteiger partial charge in [0.15, 0.2) is 0 Å². The van der Waals surface area contributed by atoms with Crippen LogP contribution in [0.2, 0.25) is 5.02 Å². The number of amides is 1. The highest BCUT2D eigenvalue weighted by Crippen LogP contribution is 2.27. The van der Waals surface area contributed by atoms with Crippen molar-refractivity contribution in [1.82, 2.24) is 4.90 Å². The number of piperazine rings is 1. The molecule has 126 valence electrons. The third-order valence-corrected chi connectivity index (χ3v) is 4.80. The molecule has 2 aromatic rings. The first-order chi connectivity index (χ1) is 11.5. The Morgan fingerprint density at radius 3 is 2.67 bits per heavy atom. The van der Waals surface area contributed by atoms with Gasteiger partial charge in [0.2, 0.25) is 5.91 Å². The lowest BCUT2D eigenvalue weighted by Crippen LogP contribution is -2.55. The molecule has 0 aromatic heterocycles. The van der Waals surface area contributed by atoms with Crippen molar-refractivity contribution in [1.29, 1.82) is 0 Å². The van der Waals surface area contributed by atoms with Crippen molar-refractivity contribution >= 4 is 23.2 Å². The first-order valence-corrected chi connectivity index (χ1v) is 8.40. The largest absolute Gasteiger partial charge is 0.310 e. The molecule has 1 heterocycles. The monoisotopic (exact) mass is 346 g/mol. The summed E-state index contributed by atoms with van der Waals surface area (Å²) in [6.45, 7) is 5.54. The van der Waals surface area contributed by atoms with Crippen molar-refractivity contribution in [2.75, 3.05) is 18.0 Å². The van der Waals surface area contributed by atoms with Crippen molar-refractivity contribution in [2.24, 2.45) is 0 Å². The van der Waals surface area contributed by atoms with E-state index in [0.29, 0.717) is 30.2 Å². The van der Waals surface area contributed by atoms with E-state index in [2.05, 4.69) is 0 Å². The van der Waals surface area contributed by atoms with Gasteiger partial charge in [0.05, 0.1) is 6.04 Å². The molecule has 0 saturated carbocycles. The van der Waals surface area contributed by atoms with E-state index in [1.807, 2.05) is 36.9 Å². The zero-order chi connectivity index (χ0) is 17.3. The molecule has 0 N–H and O–H groups in total. The molecular formula is C19H20ClFN2O. The zero-order valence-electron chi connectivity index (χ0n) is 13.8. The summed E-state index contributed by atoms with van der Waals surface area (Å²) >= 11 is 6.00. The molecule has 1 amide bonds. The van der Waals surface area contributed by atoms with E-state index in [-0.39, 0.29) is 17.8 Å².